The van der Waals surface area contributed by atoms with Crippen molar-refractivity contribution in [2.24, 2.45) is 0 Å². The van der Waals surface area contributed by atoms with E-state index in [9.17, 15) is 13.2 Å². The fraction of sp³-hybridized carbons (Fsp3) is 0.381. The summed E-state index contributed by atoms with van der Waals surface area (Å²) in [5, 5.41) is 2.70. The molecule has 1 amide bonds. The molecule has 2 rings (SSSR count). The van der Waals surface area contributed by atoms with Gasteiger partial charge in [0.25, 0.3) is 5.91 Å². The Morgan fingerprint density at radius 3 is 2.41 bits per heavy atom. The van der Waals surface area contributed by atoms with Crippen molar-refractivity contribution in [2.75, 3.05) is 20.2 Å². The lowest BCUT2D eigenvalue weighted by Gasteiger charge is -2.14. The summed E-state index contributed by atoms with van der Waals surface area (Å²) in [6.45, 7) is 7.61. The van der Waals surface area contributed by atoms with Crippen molar-refractivity contribution in [3.8, 4) is 11.5 Å². The Balaban J connectivity index is 1.95. The van der Waals surface area contributed by atoms with Crippen LogP contribution in [0.2, 0.25) is 0 Å². The maximum absolute atomic E-state index is 12.5. The molecule has 2 aromatic rings. The van der Waals surface area contributed by atoms with E-state index in [2.05, 4.69) is 10.0 Å². The Hall–Kier alpha value is -2.58. The van der Waals surface area contributed by atoms with Crippen LogP contribution in [-0.2, 0) is 10.0 Å². The van der Waals surface area contributed by atoms with Gasteiger partial charge in [-0.05, 0) is 63.1 Å². The van der Waals surface area contributed by atoms with Crippen molar-refractivity contribution in [2.45, 2.75) is 38.7 Å². The summed E-state index contributed by atoms with van der Waals surface area (Å²) in [5.41, 5.74) is 1.93. The number of methoxy groups -OCH3 is 1. The van der Waals surface area contributed by atoms with Crippen molar-refractivity contribution >= 4 is 15.9 Å². The third kappa shape index (κ3) is 6.20. The average Bonchev–Trinajstić information content (AvgIpc) is 2.66. The smallest absolute Gasteiger partial charge is 0.251 e. The third-order valence-electron chi connectivity index (χ3n) is 4.12. The normalized spacial score (nSPS) is 11.4. The van der Waals surface area contributed by atoms with E-state index < -0.39 is 10.0 Å². The molecule has 0 aromatic heterocycles. The van der Waals surface area contributed by atoms with Crippen molar-refractivity contribution in [1.82, 2.24) is 10.0 Å². The number of ether oxygens (including phenoxy) is 2. The highest BCUT2D eigenvalue weighted by Crippen LogP contribution is 2.28. The van der Waals surface area contributed by atoms with Crippen molar-refractivity contribution in [3.05, 3.63) is 53.1 Å². The van der Waals surface area contributed by atoms with E-state index in [-0.39, 0.29) is 30.0 Å². The average molecular weight is 421 g/mol. The topological polar surface area (TPSA) is 93.7 Å². The minimum Gasteiger partial charge on any atom is -0.493 e. The maximum Gasteiger partial charge on any atom is 0.251 e. The van der Waals surface area contributed by atoms with E-state index in [1.807, 2.05) is 26.8 Å². The van der Waals surface area contributed by atoms with Gasteiger partial charge in [-0.25, -0.2) is 13.1 Å². The van der Waals surface area contributed by atoms with E-state index in [0.717, 1.165) is 5.56 Å². The van der Waals surface area contributed by atoms with Gasteiger partial charge in [-0.3, -0.25) is 4.79 Å². The van der Waals surface area contributed by atoms with Crippen LogP contribution in [0.4, 0.5) is 0 Å². The lowest BCUT2D eigenvalue weighted by molar-refractivity contribution is 0.0954. The van der Waals surface area contributed by atoms with E-state index in [0.29, 0.717) is 22.6 Å². The Labute approximate surface area is 172 Å². The Morgan fingerprint density at radius 1 is 1.03 bits per heavy atom. The first-order valence-corrected chi connectivity index (χ1v) is 10.8. The summed E-state index contributed by atoms with van der Waals surface area (Å²) in [4.78, 5) is 12.6. The largest absolute Gasteiger partial charge is 0.493 e. The standard InChI is InChI=1S/C21H28N2O5S/c1-14(2)28-18-9-8-17(13-19(18)27-5)21(24)22-10-11-23-29(25,26)20-12-15(3)6-7-16(20)4/h6-9,12-14,23H,10-11H2,1-5H3,(H,22,24). The van der Waals surface area contributed by atoms with Gasteiger partial charge in [-0.2, -0.15) is 0 Å². The Kier molecular flexibility index (Phi) is 7.64. The highest BCUT2D eigenvalue weighted by molar-refractivity contribution is 7.89. The molecule has 0 atom stereocenters. The first-order chi connectivity index (χ1) is 13.6. The second-order valence-electron chi connectivity index (χ2n) is 6.95. The molecule has 0 saturated carbocycles. The molecule has 8 heteroatoms. The molecule has 0 heterocycles. The zero-order valence-electron chi connectivity index (χ0n) is 17.4. The first kappa shape index (κ1) is 22.7. The molecule has 0 saturated heterocycles. The van der Waals surface area contributed by atoms with Crippen molar-refractivity contribution in [1.29, 1.82) is 0 Å². The lowest BCUT2D eigenvalue weighted by Crippen LogP contribution is -2.35. The SMILES string of the molecule is COc1cc(C(=O)NCCNS(=O)(=O)c2cc(C)ccc2C)ccc1OC(C)C. The molecule has 0 aliphatic rings. The molecule has 158 valence electrons. The summed E-state index contributed by atoms with van der Waals surface area (Å²) >= 11 is 0. The van der Waals surface area contributed by atoms with E-state index in [1.165, 1.54) is 7.11 Å². The number of hydrogen-bond acceptors (Lipinski definition) is 5. The fourth-order valence-corrected chi connectivity index (χ4v) is 4.06. The van der Waals surface area contributed by atoms with Crippen LogP contribution < -0.4 is 19.5 Å². The van der Waals surface area contributed by atoms with Crippen LogP contribution >= 0.6 is 0 Å². The van der Waals surface area contributed by atoms with Crippen molar-refractivity contribution in [3.63, 3.8) is 0 Å². The molecule has 0 aliphatic carbocycles. The number of nitrogens with one attached hydrogen (secondary N) is 2. The number of carbonyl (C=O) groups is 1. The van der Waals surface area contributed by atoms with Crippen LogP contribution in [0.1, 0.15) is 35.3 Å². The van der Waals surface area contributed by atoms with Crippen LogP contribution in [0.5, 0.6) is 11.5 Å². The number of amides is 1. The number of benzene rings is 2. The van der Waals surface area contributed by atoms with Gasteiger partial charge < -0.3 is 14.8 Å². The summed E-state index contributed by atoms with van der Waals surface area (Å²) in [7, 11) is -2.14. The van der Waals surface area contributed by atoms with Gasteiger partial charge in [0, 0.05) is 18.7 Å². The van der Waals surface area contributed by atoms with Crippen molar-refractivity contribution < 1.29 is 22.7 Å². The highest BCUT2D eigenvalue weighted by atomic mass is 32.2. The van der Waals surface area contributed by atoms with Gasteiger partial charge >= 0.3 is 0 Å². The highest BCUT2D eigenvalue weighted by Gasteiger charge is 2.17. The van der Waals surface area contributed by atoms with Gasteiger partial charge in [-0.1, -0.05) is 12.1 Å². The molecule has 2 aromatic carbocycles. The molecule has 0 unspecified atom stereocenters. The Morgan fingerprint density at radius 2 is 1.76 bits per heavy atom. The fourth-order valence-electron chi connectivity index (χ4n) is 2.70. The monoisotopic (exact) mass is 420 g/mol. The quantitative estimate of drug-likeness (QED) is 0.609. The summed E-state index contributed by atoms with van der Waals surface area (Å²) in [6, 6.07) is 10.2. The van der Waals surface area contributed by atoms with E-state index in [1.54, 1.807) is 37.3 Å². The lowest BCUT2D eigenvalue weighted by atomic mass is 10.2. The van der Waals surface area contributed by atoms with Gasteiger partial charge in [0.05, 0.1) is 18.1 Å². The molecule has 29 heavy (non-hydrogen) atoms. The molecule has 0 fully saturated rings. The van der Waals surface area contributed by atoms with Crippen LogP contribution in [0.25, 0.3) is 0 Å². The predicted molar refractivity (Wildman–Crippen MR) is 112 cm³/mol. The van der Waals surface area contributed by atoms with E-state index in [4.69, 9.17) is 9.47 Å². The maximum atomic E-state index is 12.5. The number of rotatable bonds is 9. The minimum atomic E-state index is -3.64. The third-order valence-corrected chi connectivity index (χ3v) is 5.73. The second-order valence-corrected chi connectivity index (χ2v) is 8.69. The number of hydrogen-bond donors (Lipinski definition) is 2. The summed E-state index contributed by atoms with van der Waals surface area (Å²) in [6.07, 6.45) is -0.0198. The number of aryl methyl sites for hydroxylation is 2. The second kappa shape index (κ2) is 9.76. The van der Waals surface area contributed by atoms with Crippen LogP contribution in [-0.4, -0.2) is 40.6 Å². The number of carbonyl (C=O) groups excluding carboxylic acids is 1. The molecule has 7 nitrogen and oxygen atoms in total. The first-order valence-electron chi connectivity index (χ1n) is 9.34. The summed E-state index contributed by atoms with van der Waals surface area (Å²) in [5.74, 6) is 0.688. The molecule has 0 radical (unpaired) electrons. The minimum absolute atomic E-state index is 0.0198. The van der Waals surface area contributed by atoms with Crippen LogP contribution in [0, 0.1) is 13.8 Å². The van der Waals surface area contributed by atoms with Crippen LogP contribution in [0.15, 0.2) is 41.3 Å². The zero-order chi connectivity index (χ0) is 21.6. The van der Waals surface area contributed by atoms with Gasteiger partial charge in [0.1, 0.15) is 0 Å². The van der Waals surface area contributed by atoms with Gasteiger partial charge in [-0.15, -0.1) is 0 Å². The molecule has 0 bridgehead atoms. The van der Waals surface area contributed by atoms with Gasteiger partial charge in [0.2, 0.25) is 10.0 Å². The van der Waals surface area contributed by atoms with Crippen LogP contribution in [0.3, 0.4) is 0 Å². The molecule has 0 aliphatic heterocycles. The zero-order valence-corrected chi connectivity index (χ0v) is 18.2. The molecular formula is C21H28N2O5S. The molecule has 0 spiro atoms. The Bertz CT molecular complexity index is 971. The molecule has 2 N–H and O–H groups in total. The number of sulfonamides is 1. The summed E-state index contributed by atoms with van der Waals surface area (Å²) < 4.78 is 38.4. The van der Waals surface area contributed by atoms with Gasteiger partial charge in [0.15, 0.2) is 11.5 Å². The molecular weight excluding hydrogens is 392 g/mol. The van der Waals surface area contributed by atoms with E-state index >= 15 is 0 Å². The predicted octanol–water partition coefficient (Wildman–Crippen LogP) is 2.81.